The second-order valence-electron chi connectivity index (χ2n) is 6.58. The Bertz CT molecular complexity index is 305. The van der Waals surface area contributed by atoms with Crippen molar-refractivity contribution in [3.63, 3.8) is 0 Å². The Morgan fingerprint density at radius 2 is 1.85 bits per heavy atom. The third kappa shape index (κ3) is 5.06. The van der Waals surface area contributed by atoms with E-state index in [-0.39, 0.29) is 11.5 Å². The number of nitrogens with zero attached hydrogens (tertiary/aromatic N) is 1. The van der Waals surface area contributed by atoms with Crippen molar-refractivity contribution in [2.24, 2.45) is 0 Å². The molecule has 0 aromatic carbocycles. The molecule has 0 heterocycles. The van der Waals surface area contributed by atoms with Crippen molar-refractivity contribution in [1.82, 2.24) is 10.2 Å². The topological polar surface area (TPSA) is 41.6 Å². The van der Waals surface area contributed by atoms with E-state index in [9.17, 15) is 4.79 Å². The maximum absolute atomic E-state index is 12.1. The molecule has 0 radical (unpaired) electrons. The standard InChI is InChI=1S/C16H34N2O2/c1-9-11-17-16(6,14(19)20-8)12-13(3)18(7)15(4,5)10-2/h13,17H,9-12H2,1-8H3. The van der Waals surface area contributed by atoms with Crippen molar-refractivity contribution in [1.29, 1.82) is 0 Å². The number of rotatable bonds is 9. The fraction of sp³-hybridized carbons (Fsp3) is 0.938. The zero-order chi connectivity index (χ0) is 16.0. The molecular formula is C16H34N2O2. The Hall–Kier alpha value is -0.610. The Kier molecular flexibility index (Phi) is 7.74. The van der Waals surface area contributed by atoms with E-state index < -0.39 is 5.54 Å². The highest BCUT2D eigenvalue weighted by molar-refractivity contribution is 5.80. The lowest BCUT2D eigenvalue weighted by molar-refractivity contribution is -0.149. The van der Waals surface area contributed by atoms with Crippen molar-refractivity contribution in [2.45, 2.75) is 77.9 Å². The summed E-state index contributed by atoms with van der Waals surface area (Å²) in [6, 6.07) is 0.290. The van der Waals surface area contributed by atoms with Crippen LogP contribution in [0.15, 0.2) is 0 Å². The van der Waals surface area contributed by atoms with Gasteiger partial charge in [-0.1, -0.05) is 13.8 Å². The summed E-state index contributed by atoms with van der Waals surface area (Å²) in [6.45, 7) is 13.7. The van der Waals surface area contributed by atoms with Gasteiger partial charge in [0.15, 0.2) is 0 Å². The summed E-state index contributed by atoms with van der Waals surface area (Å²) in [5.41, 5.74) is -0.497. The van der Waals surface area contributed by atoms with Gasteiger partial charge in [-0.2, -0.15) is 0 Å². The Balaban J connectivity index is 4.93. The second kappa shape index (κ2) is 7.99. The van der Waals surface area contributed by atoms with Crippen LogP contribution >= 0.6 is 0 Å². The molecule has 0 aliphatic carbocycles. The highest BCUT2D eigenvalue weighted by Gasteiger charge is 2.38. The van der Waals surface area contributed by atoms with E-state index in [4.69, 9.17) is 4.74 Å². The lowest BCUT2D eigenvalue weighted by Gasteiger charge is -2.42. The van der Waals surface area contributed by atoms with Crippen LogP contribution in [0, 0.1) is 0 Å². The number of carbonyl (C=O) groups excluding carboxylic acids is 1. The first-order chi connectivity index (χ1) is 9.14. The molecule has 0 aliphatic heterocycles. The van der Waals surface area contributed by atoms with Crippen LogP contribution in [0.3, 0.4) is 0 Å². The van der Waals surface area contributed by atoms with Crippen molar-refractivity contribution in [3.05, 3.63) is 0 Å². The quantitative estimate of drug-likeness (QED) is 0.662. The van der Waals surface area contributed by atoms with Crippen molar-refractivity contribution in [2.75, 3.05) is 20.7 Å². The molecule has 0 saturated heterocycles. The average molecular weight is 286 g/mol. The number of methoxy groups -OCH3 is 1. The van der Waals surface area contributed by atoms with Crippen molar-refractivity contribution < 1.29 is 9.53 Å². The summed E-state index contributed by atoms with van der Waals surface area (Å²) in [6.07, 6.45) is 2.81. The zero-order valence-corrected chi connectivity index (χ0v) is 14.7. The molecular weight excluding hydrogens is 252 g/mol. The van der Waals surface area contributed by atoms with Gasteiger partial charge in [0.2, 0.25) is 0 Å². The summed E-state index contributed by atoms with van der Waals surface area (Å²) in [5.74, 6) is -0.180. The monoisotopic (exact) mass is 286 g/mol. The van der Waals surface area contributed by atoms with Gasteiger partial charge in [-0.15, -0.1) is 0 Å². The molecule has 4 nitrogen and oxygen atoms in total. The second-order valence-corrected chi connectivity index (χ2v) is 6.58. The van der Waals surface area contributed by atoms with Crippen LogP contribution in [-0.2, 0) is 9.53 Å². The molecule has 0 bridgehead atoms. The number of carbonyl (C=O) groups is 1. The van der Waals surface area contributed by atoms with Gasteiger partial charge in [0, 0.05) is 11.6 Å². The first-order valence-corrected chi connectivity index (χ1v) is 7.71. The van der Waals surface area contributed by atoms with E-state index in [0.29, 0.717) is 6.04 Å². The first kappa shape index (κ1) is 19.4. The minimum Gasteiger partial charge on any atom is -0.468 e. The highest BCUT2D eigenvalue weighted by atomic mass is 16.5. The zero-order valence-electron chi connectivity index (χ0n) is 14.7. The predicted octanol–water partition coefficient (Wildman–Crippen LogP) is 2.82. The van der Waals surface area contributed by atoms with Crippen LogP contribution in [0.25, 0.3) is 0 Å². The molecule has 1 N–H and O–H groups in total. The van der Waals surface area contributed by atoms with E-state index in [2.05, 4.69) is 51.9 Å². The molecule has 120 valence electrons. The van der Waals surface area contributed by atoms with Gasteiger partial charge in [0.25, 0.3) is 0 Å². The molecule has 2 unspecified atom stereocenters. The number of esters is 1. The lowest BCUT2D eigenvalue weighted by Crippen LogP contribution is -2.56. The average Bonchev–Trinajstić information content (AvgIpc) is 2.42. The molecule has 20 heavy (non-hydrogen) atoms. The van der Waals surface area contributed by atoms with Gasteiger partial charge in [0.05, 0.1) is 7.11 Å². The molecule has 0 aliphatic rings. The normalized spacial score (nSPS) is 16.9. The maximum atomic E-state index is 12.1. The van der Waals surface area contributed by atoms with Crippen molar-refractivity contribution in [3.8, 4) is 0 Å². The van der Waals surface area contributed by atoms with Gasteiger partial charge < -0.3 is 10.1 Å². The SMILES string of the molecule is CCCNC(C)(CC(C)N(C)C(C)(C)CC)C(=O)OC. The molecule has 0 aromatic rings. The van der Waals surface area contributed by atoms with E-state index in [1.54, 1.807) is 0 Å². The lowest BCUT2D eigenvalue weighted by atomic mass is 9.89. The maximum Gasteiger partial charge on any atom is 0.325 e. The Labute approximate surface area is 125 Å². The fourth-order valence-corrected chi connectivity index (χ4v) is 2.43. The third-order valence-electron chi connectivity index (χ3n) is 4.59. The van der Waals surface area contributed by atoms with Crippen LogP contribution in [0.5, 0.6) is 0 Å². The van der Waals surface area contributed by atoms with E-state index >= 15 is 0 Å². The minimum absolute atomic E-state index is 0.126. The Morgan fingerprint density at radius 1 is 1.30 bits per heavy atom. The van der Waals surface area contributed by atoms with Crippen LogP contribution in [0.1, 0.15) is 60.8 Å². The molecule has 0 fully saturated rings. The van der Waals surface area contributed by atoms with Gasteiger partial charge in [-0.3, -0.25) is 9.69 Å². The Morgan fingerprint density at radius 3 is 2.25 bits per heavy atom. The van der Waals surface area contributed by atoms with Crippen LogP contribution in [0.4, 0.5) is 0 Å². The highest BCUT2D eigenvalue weighted by Crippen LogP contribution is 2.24. The summed E-state index contributed by atoms with van der Waals surface area (Å²) in [5, 5.41) is 3.35. The number of hydrogen-bond donors (Lipinski definition) is 1. The third-order valence-corrected chi connectivity index (χ3v) is 4.59. The fourth-order valence-electron chi connectivity index (χ4n) is 2.43. The molecule has 0 spiro atoms. The molecule has 0 rings (SSSR count). The smallest absolute Gasteiger partial charge is 0.325 e. The summed E-state index contributed by atoms with van der Waals surface area (Å²) in [4.78, 5) is 14.5. The van der Waals surface area contributed by atoms with E-state index in [1.807, 2.05) is 6.92 Å². The van der Waals surface area contributed by atoms with E-state index in [1.165, 1.54) is 7.11 Å². The molecule has 2 atom stereocenters. The number of ether oxygens (including phenoxy) is 1. The largest absolute Gasteiger partial charge is 0.468 e. The summed E-state index contributed by atoms with van der Waals surface area (Å²) >= 11 is 0. The van der Waals surface area contributed by atoms with Crippen molar-refractivity contribution >= 4 is 5.97 Å². The van der Waals surface area contributed by atoms with E-state index in [0.717, 1.165) is 25.8 Å². The molecule has 4 heteroatoms. The number of nitrogens with one attached hydrogen (secondary N) is 1. The molecule has 0 amide bonds. The summed E-state index contributed by atoms with van der Waals surface area (Å²) in [7, 11) is 3.59. The van der Waals surface area contributed by atoms with Crippen LogP contribution < -0.4 is 5.32 Å². The van der Waals surface area contributed by atoms with Gasteiger partial charge in [-0.05, 0) is 60.5 Å². The summed E-state index contributed by atoms with van der Waals surface area (Å²) < 4.78 is 4.99. The predicted molar refractivity (Wildman–Crippen MR) is 84.9 cm³/mol. The van der Waals surface area contributed by atoms with Crippen LogP contribution in [-0.4, -0.2) is 48.7 Å². The van der Waals surface area contributed by atoms with Crippen LogP contribution in [0.2, 0.25) is 0 Å². The molecule has 0 aromatic heterocycles. The first-order valence-electron chi connectivity index (χ1n) is 7.71. The number of hydrogen-bond acceptors (Lipinski definition) is 4. The van der Waals surface area contributed by atoms with Gasteiger partial charge in [-0.25, -0.2) is 0 Å². The van der Waals surface area contributed by atoms with Gasteiger partial charge in [0.1, 0.15) is 5.54 Å². The minimum atomic E-state index is -0.623. The molecule has 0 saturated carbocycles. The van der Waals surface area contributed by atoms with Gasteiger partial charge >= 0.3 is 5.97 Å².